The van der Waals surface area contributed by atoms with Crippen molar-refractivity contribution in [3.8, 4) is 27.9 Å². The molecule has 11 heteroatoms. The van der Waals surface area contributed by atoms with Gasteiger partial charge in [0.15, 0.2) is 5.82 Å². The fraction of sp³-hybridized carbons (Fsp3) is 0.214. The molecule has 6 aromatic rings. The van der Waals surface area contributed by atoms with E-state index in [0.717, 1.165) is 34.1 Å². The van der Waals surface area contributed by atoms with Crippen molar-refractivity contribution in [3.05, 3.63) is 90.1 Å². The second kappa shape index (κ2) is 9.39. The first-order valence-corrected chi connectivity index (χ1v) is 13.1. The SMILES string of the molecule is Cn1cc2cc(-c3cnn(C(CC4CC4)c4ccc(-c5c(-n6cnnn6)ccc(Cl)c5F)cn4)c3)ccc2n1. The molecule has 39 heavy (non-hydrogen) atoms. The summed E-state index contributed by atoms with van der Waals surface area (Å²) in [6.45, 7) is 0. The monoisotopic (exact) mass is 539 g/mol. The van der Waals surface area contributed by atoms with Crippen LogP contribution in [-0.2, 0) is 7.05 Å². The quantitative estimate of drug-likeness (QED) is 0.260. The Hall–Kier alpha value is -4.44. The van der Waals surface area contributed by atoms with Gasteiger partial charge in [0.25, 0.3) is 0 Å². The Bertz CT molecular complexity index is 1790. The van der Waals surface area contributed by atoms with Gasteiger partial charge in [0.05, 0.1) is 34.2 Å². The number of nitrogens with zero attached hydrogens (tertiary/aromatic N) is 9. The van der Waals surface area contributed by atoms with Crippen LogP contribution in [0, 0.1) is 11.7 Å². The number of rotatable bonds is 7. The van der Waals surface area contributed by atoms with Gasteiger partial charge in [0, 0.05) is 47.7 Å². The van der Waals surface area contributed by atoms with Crippen molar-refractivity contribution in [1.29, 1.82) is 0 Å². The smallest absolute Gasteiger partial charge is 0.151 e. The molecule has 9 nitrogen and oxygen atoms in total. The van der Waals surface area contributed by atoms with Crippen LogP contribution in [-0.4, -0.2) is 44.8 Å². The van der Waals surface area contributed by atoms with Crippen molar-refractivity contribution in [2.24, 2.45) is 13.0 Å². The predicted octanol–water partition coefficient (Wildman–Crippen LogP) is 5.66. The van der Waals surface area contributed by atoms with E-state index in [0.29, 0.717) is 22.7 Å². The first-order valence-electron chi connectivity index (χ1n) is 12.7. The van der Waals surface area contributed by atoms with E-state index in [1.165, 1.54) is 29.9 Å². The normalized spacial score (nSPS) is 14.2. The number of pyridine rings is 1. The molecular weight excluding hydrogens is 517 g/mol. The molecular formula is C28H23ClFN9. The minimum atomic E-state index is -0.545. The number of fused-ring (bicyclic) bond motifs is 1. The molecule has 0 spiro atoms. The fourth-order valence-corrected chi connectivity index (χ4v) is 5.21. The zero-order valence-electron chi connectivity index (χ0n) is 21.0. The summed E-state index contributed by atoms with van der Waals surface area (Å²) in [6.07, 6.45) is 12.4. The van der Waals surface area contributed by atoms with E-state index >= 15 is 4.39 Å². The molecule has 0 bridgehead atoms. The van der Waals surface area contributed by atoms with Gasteiger partial charge in [-0.15, -0.1) is 5.10 Å². The lowest BCUT2D eigenvalue weighted by Crippen LogP contribution is -2.13. The minimum Gasteiger partial charge on any atom is -0.275 e. The van der Waals surface area contributed by atoms with Gasteiger partial charge in [0.1, 0.15) is 6.33 Å². The van der Waals surface area contributed by atoms with E-state index in [-0.39, 0.29) is 11.1 Å². The molecule has 0 amide bonds. The van der Waals surface area contributed by atoms with Crippen LogP contribution in [0.5, 0.6) is 0 Å². The van der Waals surface area contributed by atoms with Gasteiger partial charge in [-0.25, -0.2) is 4.39 Å². The highest BCUT2D eigenvalue weighted by atomic mass is 35.5. The van der Waals surface area contributed by atoms with Crippen LogP contribution in [0.4, 0.5) is 4.39 Å². The lowest BCUT2D eigenvalue weighted by molar-refractivity contribution is 0.455. The topological polar surface area (TPSA) is 92.1 Å². The summed E-state index contributed by atoms with van der Waals surface area (Å²) >= 11 is 6.14. The van der Waals surface area contributed by atoms with Crippen LogP contribution in [0.3, 0.4) is 0 Å². The fourth-order valence-electron chi connectivity index (χ4n) is 5.05. The molecule has 194 valence electrons. The molecule has 7 rings (SSSR count). The number of hydrogen-bond donors (Lipinski definition) is 0. The molecule has 1 fully saturated rings. The molecule has 1 unspecified atom stereocenters. The molecule has 0 aliphatic heterocycles. The standard InChI is InChI=1S/C28H23ClFN9/c1-37-14-20-11-18(4-7-23(20)34-37)21-13-33-38(15-21)26(10-17-2-3-17)24-8-5-19(12-31-24)27-25(39-16-32-35-36-39)9-6-22(29)28(27)30/h4-9,11-17,26H,2-3,10H2,1H3. The van der Waals surface area contributed by atoms with Crippen molar-refractivity contribution in [2.45, 2.75) is 25.3 Å². The summed E-state index contributed by atoms with van der Waals surface area (Å²) in [4.78, 5) is 4.79. The van der Waals surface area contributed by atoms with Crippen LogP contribution >= 0.6 is 11.6 Å². The Balaban J connectivity index is 1.23. The number of benzene rings is 2. The summed E-state index contributed by atoms with van der Waals surface area (Å²) in [5.74, 6) is 0.101. The van der Waals surface area contributed by atoms with E-state index in [9.17, 15) is 0 Å². The first kappa shape index (κ1) is 23.7. The number of tetrazole rings is 1. The highest BCUT2D eigenvalue weighted by Gasteiger charge is 2.29. The maximum Gasteiger partial charge on any atom is 0.151 e. The van der Waals surface area contributed by atoms with Gasteiger partial charge in [-0.2, -0.15) is 14.9 Å². The Morgan fingerprint density at radius 1 is 1.03 bits per heavy atom. The van der Waals surface area contributed by atoms with E-state index in [2.05, 4.69) is 39.0 Å². The van der Waals surface area contributed by atoms with Gasteiger partial charge in [0.2, 0.25) is 0 Å². The van der Waals surface area contributed by atoms with Crippen molar-refractivity contribution < 1.29 is 4.39 Å². The summed E-state index contributed by atoms with van der Waals surface area (Å²) in [5.41, 5.74) is 5.30. The van der Waals surface area contributed by atoms with Crippen molar-refractivity contribution in [3.63, 3.8) is 0 Å². The average Bonchev–Trinajstić information content (AvgIpc) is 3.31. The van der Waals surface area contributed by atoms with Crippen molar-refractivity contribution >= 4 is 22.5 Å². The molecule has 4 heterocycles. The molecule has 1 aliphatic carbocycles. The van der Waals surface area contributed by atoms with E-state index in [1.54, 1.807) is 12.3 Å². The lowest BCUT2D eigenvalue weighted by Gasteiger charge is -2.18. The Morgan fingerprint density at radius 3 is 2.67 bits per heavy atom. The highest BCUT2D eigenvalue weighted by Crippen LogP contribution is 2.40. The van der Waals surface area contributed by atoms with E-state index in [1.807, 2.05) is 47.0 Å². The molecule has 1 aliphatic rings. The Kier molecular flexibility index (Phi) is 5.70. The predicted molar refractivity (Wildman–Crippen MR) is 145 cm³/mol. The van der Waals surface area contributed by atoms with Crippen LogP contribution in [0.2, 0.25) is 5.02 Å². The van der Waals surface area contributed by atoms with Gasteiger partial charge in [-0.1, -0.05) is 36.6 Å². The molecule has 1 saturated carbocycles. The Labute approximate surface area is 227 Å². The third-order valence-corrected chi connectivity index (χ3v) is 7.50. The summed E-state index contributed by atoms with van der Waals surface area (Å²) in [7, 11) is 1.92. The van der Waals surface area contributed by atoms with Gasteiger partial charge >= 0.3 is 0 Å². The maximum absolute atomic E-state index is 15.2. The first-order chi connectivity index (χ1) is 19.0. The number of halogens is 2. The number of hydrogen-bond acceptors (Lipinski definition) is 6. The number of aromatic nitrogens is 9. The van der Waals surface area contributed by atoms with E-state index in [4.69, 9.17) is 21.7 Å². The third-order valence-electron chi connectivity index (χ3n) is 7.21. The lowest BCUT2D eigenvalue weighted by atomic mass is 10.0. The van der Waals surface area contributed by atoms with Crippen LogP contribution in [0.25, 0.3) is 38.8 Å². The molecule has 0 saturated heterocycles. The largest absolute Gasteiger partial charge is 0.275 e. The highest BCUT2D eigenvalue weighted by molar-refractivity contribution is 6.31. The Morgan fingerprint density at radius 2 is 1.90 bits per heavy atom. The summed E-state index contributed by atoms with van der Waals surface area (Å²) < 4.78 is 20.5. The molecule has 0 radical (unpaired) electrons. The molecule has 1 atom stereocenters. The number of aryl methyl sites for hydroxylation is 1. The van der Waals surface area contributed by atoms with Gasteiger partial charge < -0.3 is 0 Å². The molecule has 4 aromatic heterocycles. The van der Waals surface area contributed by atoms with Crippen LogP contribution in [0.15, 0.2) is 73.6 Å². The maximum atomic E-state index is 15.2. The van der Waals surface area contributed by atoms with E-state index < -0.39 is 5.82 Å². The van der Waals surface area contributed by atoms with Crippen molar-refractivity contribution in [1.82, 2.24) is 44.8 Å². The van der Waals surface area contributed by atoms with Gasteiger partial charge in [-0.3, -0.25) is 14.3 Å². The minimum absolute atomic E-state index is 0.0195. The average molecular weight is 540 g/mol. The second-order valence-corrected chi connectivity index (χ2v) is 10.4. The molecule has 0 N–H and O–H groups in total. The zero-order chi connectivity index (χ0) is 26.5. The van der Waals surface area contributed by atoms with Crippen LogP contribution < -0.4 is 0 Å². The zero-order valence-corrected chi connectivity index (χ0v) is 21.7. The summed E-state index contributed by atoms with van der Waals surface area (Å²) in [5, 5.41) is 21.6. The van der Waals surface area contributed by atoms with Crippen LogP contribution in [0.1, 0.15) is 31.0 Å². The van der Waals surface area contributed by atoms with Crippen molar-refractivity contribution in [2.75, 3.05) is 0 Å². The summed E-state index contributed by atoms with van der Waals surface area (Å²) in [6, 6.07) is 13.2. The third kappa shape index (κ3) is 4.46. The second-order valence-electron chi connectivity index (χ2n) is 9.96. The van der Waals surface area contributed by atoms with Gasteiger partial charge in [-0.05, 0) is 58.7 Å². The molecule has 2 aromatic carbocycles.